The Morgan fingerprint density at radius 1 is 0.800 bits per heavy atom. The number of hydrogen-bond donors (Lipinski definition) is 1. The van der Waals surface area contributed by atoms with Crippen molar-refractivity contribution in [3.63, 3.8) is 0 Å². The first-order valence-corrected chi connectivity index (χ1v) is 8.34. The molecule has 0 heterocycles. The third kappa shape index (κ3) is 24.3. The molecule has 0 spiro atoms. The summed E-state index contributed by atoms with van der Waals surface area (Å²) >= 11 is 0. The Balaban J connectivity index is 0. The van der Waals surface area contributed by atoms with E-state index < -0.39 is 30.0 Å². The first-order valence-electron chi connectivity index (χ1n) is 8.34. The van der Waals surface area contributed by atoms with Crippen LogP contribution in [0.3, 0.4) is 0 Å². The average molecular weight is 362 g/mol. The van der Waals surface area contributed by atoms with Gasteiger partial charge in [0, 0.05) is 27.2 Å². The van der Waals surface area contributed by atoms with Crippen molar-refractivity contribution >= 4 is 23.9 Å². The van der Waals surface area contributed by atoms with Gasteiger partial charge in [-0.25, -0.2) is 0 Å². The quantitative estimate of drug-likeness (QED) is 0.338. The van der Waals surface area contributed by atoms with Crippen molar-refractivity contribution < 1.29 is 38.5 Å². The number of aliphatic carboxylic acids is 1. The molecule has 0 bridgehead atoms. The SMILES string of the molecule is CC(=O)OCC(COC(C)=O)OC(C)=O.CCCCCCCC(=O)O. The molecule has 0 aromatic rings. The Bertz CT molecular complexity index is 387. The molecule has 0 radical (unpaired) electrons. The molecule has 1 N–H and O–H groups in total. The van der Waals surface area contributed by atoms with Gasteiger partial charge in [0.05, 0.1) is 0 Å². The van der Waals surface area contributed by atoms with Crippen LogP contribution in [0.2, 0.25) is 0 Å². The zero-order valence-corrected chi connectivity index (χ0v) is 15.5. The number of ether oxygens (including phenoxy) is 3. The van der Waals surface area contributed by atoms with Crippen LogP contribution < -0.4 is 0 Å². The Morgan fingerprint density at radius 2 is 1.28 bits per heavy atom. The van der Waals surface area contributed by atoms with Crippen LogP contribution in [0, 0.1) is 0 Å². The van der Waals surface area contributed by atoms with E-state index in [1.54, 1.807) is 0 Å². The second-order valence-electron chi connectivity index (χ2n) is 5.39. The van der Waals surface area contributed by atoms with E-state index in [4.69, 9.17) is 9.84 Å². The van der Waals surface area contributed by atoms with Crippen LogP contribution in [0.4, 0.5) is 0 Å². The molecule has 146 valence electrons. The van der Waals surface area contributed by atoms with Gasteiger partial charge in [-0.15, -0.1) is 0 Å². The zero-order chi connectivity index (χ0) is 19.7. The summed E-state index contributed by atoms with van der Waals surface area (Å²) in [6.45, 7) is 5.59. The van der Waals surface area contributed by atoms with Gasteiger partial charge in [-0.05, 0) is 6.42 Å². The summed E-state index contributed by atoms with van der Waals surface area (Å²) in [7, 11) is 0. The Hall–Kier alpha value is -2.12. The maximum Gasteiger partial charge on any atom is 0.303 e. The van der Waals surface area contributed by atoms with E-state index in [9.17, 15) is 19.2 Å². The number of unbranched alkanes of at least 4 members (excludes halogenated alkanes) is 4. The lowest BCUT2D eigenvalue weighted by molar-refractivity contribution is -0.163. The van der Waals surface area contributed by atoms with Gasteiger partial charge in [-0.2, -0.15) is 0 Å². The minimum Gasteiger partial charge on any atom is -0.481 e. The Labute approximate surface area is 148 Å². The Morgan fingerprint density at radius 3 is 1.64 bits per heavy atom. The normalized spacial score (nSPS) is 9.64. The molecule has 8 heteroatoms. The molecule has 0 aliphatic heterocycles. The van der Waals surface area contributed by atoms with Crippen molar-refractivity contribution in [1.29, 1.82) is 0 Å². The first-order chi connectivity index (χ1) is 11.7. The highest BCUT2D eigenvalue weighted by atomic mass is 16.6. The summed E-state index contributed by atoms with van der Waals surface area (Å²) in [5.74, 6) is -2.18. The maximum atomic E-state index is 10.6. The summed E-state index contributed by atoms with van der Waals surface area (Å²) in [4.78, 5) is 41.7. The lowest BCUT2D eigenvalue weighted by atomic mass is 10.1. The number of carbonyl (C=O) groups excluding carboxylic acids is 3. The molecule has 0 fully saturated rings. The highest BCUT2D eigenvalue weighted by Gasteiger charge is 2.15. The van der Waals surface area contributed by atoms with Crippen molar-refractivity contribution in [3.05, 3.63) is 0 Å². The first kappa shape index (κ1) is 25.1. The van der Waals surface area contributed by atoms with Crippen molar-refractivity contribution in [3.8, 4) is 0 Å². The molecule has 0 saturated heterocycles. The molecule has 0 rings (SSSR count). The fourth-order valence-corrected chi connectivity index (χ4v) is 1.65. The minimum atomic E-state index is -0.754. The van der Waals surface area contributed by atoms with E-state index in [2.05, 4.69) is 16.4 Å². The molecule has 0 saturated carbocycles. The number of esters is 3. The maximum absolute atomic E-state index is 10.6. The van der Waals surface area contributed by atoms with Gasteiger partial charge < -0.3 is 19.3 Å². The van der Waals surface area contributed by atoms with Crippen LogP contribution in [0.25, 0.3) is 0 Å². The minimum absolute atomic E-state index is 0.123. The Kier molecular flexibility index (Phi) is 16.8. The van der Waals surface area contributed by atoms with Gasteiger partial charge >= 0.3 is 23.9 Å². The van der Waals surface area contributed by atoms with Gasteiger partial charge in [0.2, 0.25) is 0 Å². The molecular formula is C17H30O8. The van der Waals surface area contributed by atoms with E-state index in [1.807, 2.05) is 0 Å². The average Bonchev–Trinajstić information content (AvgIpc) is 2.49. The molecule has 0 aromatic carbocycles. The van der Waals surface area contributed by atoms with Gasteiger partial charge in [0.15, 0.2) is 6.10 Å². The molecule has 0 aliphatic rings. The third-order valence-corrected chi connectivity index (χ3v) is 2.77. The van der Waals surface area contributed by atoms with Crippen LogP contribution in [-0.4, -0.2) is 48.3 Å². The molecule has 0 aromatic heterocycles. The van der Waals surface area contributed by atoms with Crippen LogP contribution in [0.1, 0.15) is 66.2 Å². The number of carbonyl (C=O) groups is 4. The van der Waals surface area contributed by atoms with E-state index in [0.717, 1.165) is 12.8 Å². The summed E-state index contributed by atoms with van der Waals surface area (Å²) in [6, 6.07) is 0. The number of carboxylic acids is 1. The van der Waals surface area contributed by atoms with Crippen LogP contribution in [-0.2, 0) is 33.4 Å². The summed E-state index contributed by atoms with van der Waals surface area (Å²) in [6.07, 6.45) is 5.13. The van der Waals surface area contributed by atoms with Crippen molar-refractivity contribution in [2.75, 3.05) is 13.2 Å². The zero-order valence-electron chi connectivity index (χ0n) is 15.5. The summed E-state index contributed by atoms with van der Waals surface area (Å²) < 4.78 is 14.0. The number of carboxylic acid groups (broad SMARTS) is 1. The van der Waals surface area contributed by atoms with Gasteiger partial charge in [0.25, 0.3) is 0 Å². The lowest BCUT2D eigenvalue weighted by Crippen LogP contribution is -2.29. The fourth-order valence-electron chi connectivity index (χ4n) is 1.65. The summed E-state index contributed by atoms with van der Waals surface area (Å²) in [5.41, 5.74) is 0. The van der Waals surface area contributed by atoms with Crippen molar-refractivity contribution in [1.82, 2.24) is 0 Å². The molecule has 0 aliphatic carbocycles. The van der Waals surface area contributed by atoms with Crippen molar-refractivity contribution in [2.45, 2.75) is 72.3 Å². The predicted molar refractivity (Wildman–Crippen MR) is 89.8 cm³/mol. The molecule has 0 unspecified atom stereocenters. The third-order valence-electron chi connectivity index (χ3n) is 2.77. The van der Waals surface area contributed by atoms with Gasteiger partial charge in [-0.1, -0.05) is 32.6 Å². The lowest BCUT2D eigenvalue weighted by Gasteiger charge is -2.15. The topological polar surface area (TPSA) is 116 Å². The monoisotopic (exact) mass is 362 g/mol. The van der Waals surface area contributed by atoms with Gasteiger partial charge in [-0.3, -0.25) is 19.2 Å². The second kappa shape index (κ2) is 16.7. The van der Waals surface area contributed by atoms with Crippen LogP contribution in [0.5, 0.6) is 0 Å². The fraction of sp³-hybridized carbons (Fsp3) is 0.765. The standard InChI is InChI=1S/C9H14O6.C8H16O2/c1-6(10)13-4-9(15-8(3)12)5-14-7(2)11;1-2-3-4-5-6-7-8(9)10/h9H,4-5H2,1-3H3;2-7H2,1H3,(H,9,10). The van der Waals surface area contributed by atoms with Crippen LogP contribution in [0.15, 0.2) is 0 Å². The second-order valence-corrected chi connectivity index (χ2v) is 5.39. The molecular weight excluding hydrogens is 332 g/mol. The summed E-state index contributed by atoms with van der Waals surface area (Å²) in [5, 5.41) is 8.27. The van der Waals surface area contributed by atoms with E-state index in [1.165, 1.54) is 40.0 Å². The molecule has 25 heavy (non-hydrogen) atoms. The number of hydrogen-bond acceptors (Lipinski definition) is 7. The highest BCUT2D eigenvalue weighted by molar-refractivity contribution is 5.67. The molecule has 0 atom stereocenters. The van der Waals surface area contributed by atoms with E-state index in [-0.39, 0.29) is 13.2 Å². The molecule has 0 amide bonds. The van der Waals surface area contributed by atoms with Crippen molar-refractivity contribution in [2.24, 2.45) is 0 Å². The largest absolute Gasteiger partial charge is 0.481 e. The smallest absolute Gasteiger partial charge is 0.303 e. The van der Waals surface area contributed by atoms with E-state index in [0.29, 0.717) is 6.42 Å². The number of rotatable bonds is 11. The van der Waals surface area contributed by atoms with E-state index >= 15 is 0 Å². The molecule has 8 nitrogen and oxygen atoms in total. The highest BCUT2D eigenvalue weighted by Crippen LogP contribution is 2.04. The predicted octanol–water partition coefficient (Wildman–Crippen LogP) is 2.48. The van der Waals surface area contributed by atoms with Crippen LogP contribution >= 0.6 is 0 Å². The van der Waals surface area contributed by atoms with Gasteiger partial charge in [0.1, 0.15) is 13.2 Å².